The number of hydrogen-bond acceptors (Lipinski definition) is 8. The molecule has 58 heavy (non-hydrogen) atoms. The van der Waals surface area contributed by atoms with E-state index in [1.54, 1.807) is 0 Å². The zero-order valence-electron chi connectivity index (χ0n) is 37.8. The summed E-state index contributed by atoms with van der Waals surface area (Å²) < 4.78 is 33.5. The third-order valence-electron chi connectivity index (χ3n) is 10.6. The van der Waals surface area contributed by atoms with Crippen molar-refractivity contribution in [2.45, 2.75) is 244 Å². The Balaban J connectivity index is 4.09. The number of esters is 1. The molecule has 3 N–H and O–H groups in total. The highest BCUT2D eigenvalue weighted by atomic mass is 31.2. The number of ether oxygens (including phenoxy) is 2. The lowest BCUT2D eigenvalue weighted by molar-refractivity contribution is -0.154. The van der Waals surface area contributed by atoms with E-state index in [1.165, 1.54) is 161 Å². The number of aliphatic hydroxyl groups is 2. The number of hydrogen-bond donors (Lipinski definition) is 3. The molecule has 0 aliphatic carbocycles. The first-order valence-electron chi connectivity index (χ1n) is 24.3. The minimum absolute atomic E-state index is 0.0463. The molecule has 0 heterocycles. The maximum atomic E-state index is 12.7. The number of carbonyl (C=O) groups is 1. The van der Waals surface area contributed by atoms with Crippen molar-refractivity contribution in [1.29, 1.82) is 0 Å². The summed E-state index contributed by atoms with van der Waals surface area (Å²) in [4.78, 5) is 22.7. The Morgan fingerprint density at radius 1 is 0.534 bits per heavy atom. The second kappa shape index (κ2) is 45.5. The van der Waals surface area contributed by atoms with Gasteiger partial charge in [-0.3, -0.25) is 13.8 Å². The number of rotatable bonds is 47. The molecular weight excluding hydrogens is 751 g/mol. The van der Waals surface area contributed by atoms with Gasteiger partial charge in [-0.25, -0.2) is 4.57 Å². The second-order valence-electron chi connectivity index (χ2n) is 16.5. The molecule has 0 bridgehead atoms. The van der Waals surface area contributed by atoms with Gasteiger partial charge in [-0.15, -0.1) is 0 Å². The summed E-state index contributed by atoms with van der Waals surface area (Å²) in [6.07, 6.45) is 48.5. The molecule has 0 rings (SSSR count). The first-order valence-corrected chi connectivity index (χ1v) is 25.8. The zero-order chi connectivity index (χ0) is 42.5. The first-order chi connectivity index (χ1) is 28.3. The average Bonchev–Trinajstić information content (AvgIpc) is 3.21. The van der Waals surface area contributed by atoms with Crippen molar-refractivity contribution in [3.05, 3.63) is 24.3 Å². The van der Waals surface area contributed by atoms with Crippen molar-refractivity contribution in [2.75, 3.05) is 33.0 Å². The van der Waals surface area contributed by atoms with Crippen molar-refractivity contribution < 1.29 is 43.0 Å². The van der Waals surface area contributed by atoms with Crippen molar-refractivity contribution in [3.8, 4) is 0 Å². The van der Waals surface area contributed by atoms with Crippen LogP contribution >= 0.6 is 7.82 Å². The Morgan fingerprint density at radius 3 is 1.40 bits per heavy atom. The molecule has 0 aliphatic rings. The predicted molar refractivity (Wildman–Crippen MR) is 242 cm³/mol. The van der Waals surface area contributed by atoms with Crippen LogP contribution in [0.1, 0.15) is 232 Å². The zero-order valence-corrected chi connectivity index (χ0v) is 38.7. The standard InChI is InChI=1S/C48H93O9P/c1-3-5-7-9-11-13-15-17-19-21-22-23-24-26-28-30-32-34-36-38-40-48(51)57-47(45-56-58(52,53)55-43-46(50)42-49)44-54-41-39-37-35-33-31-29-27-25-20-18-16-14-12-10-8-6-4-2/h14,16,20,25,46-47,49-50H,3-13,15,17-19,21-24,26-45H2,1-2H3,(H,52,53)/b16-14-,25-20-. The molecule has 10 heteroatoms. The van der Waals surface area contributed by atoms with E-state index in [0.717, 1.165) is 51.4 Å². The lowest BCUT2D eigenvalue weighted by Crippen LogP contribution is -2.29. The van der Waals surface area contributed by atoms with Gasteiger partial charge in [0.2, 0.25) is 0 Å². The van der Waals surface area contributed by atoms with Gasteiger partial charge in [-0.2, -0.15) is 0 Å². The largest absolute Gasteiger partial charge is 0.472 e. The molecule has 0 fully saturated rings. The van der Waals surface area contributed by atoms with E-state index in [9.17, 15) is 19.4 Å². The summed E-state index contributed by atoms with van der Waals surface area (Å²) in [6.45, 7) is 3.52. The van der Waals surface area contributed by atoms with Gasteiger partial charge in [0.1, 0.15) is 12.2 Å². The smallest absolute Gasteiger partial charge is 0.457 e. The van der Waals surface area contributed by atoms with Gasteiger partial charge in [0, 0.05) is 13.0 Å². The third kappa shape index (κ3) is 44.5. The number of unbranched alkanes of at least 4 members (excludes halogenated alkanes) is 29. The molecule has 3 atom stereocenters. The molecular formula is C48H93O9P. The van der Waals surface area contributed by atoms with Crippen LogP contribution in [0.15, 0.2) is 24.3 Å². The summed E-state index contributed by atoms with van der Waals surface area (Å²) in [6, 6.07) is 0. The van der Waals surface area contributed by atoms with Gasteiger partial charge >= 0.3 is 13.8 Å². The van der Waals surface area contributed by atoms with Gasteiger partial charge in [0.05, 0.1) is 26.4 Å². The van der Waals surface area contributed by atoms with Crippen LogP contribution in [0.2, 0.25) is 0 Å². The Morgan fingerprint density at radius 2 is 0.931 bits per heavy atom. The minimum atomic E-state index is -4.52. The molecule has 0 aromatic heterocycles. The molecule has 0 amide bonds. The van der Waals surface area contributed by atoms with Crippen LogP contribution in [0.4, 0.5) is 0 Å². The highest BCUT2D eigenvalue weighted by Gasteiger charge is 2.26. The summed E-state index contributed by atoms with van der Waals surface area (Å²) in [5, 5.41) is 18.4. The molecule has 9 nitrogen and oxygen atoms in total. The molecule has 0 aromatic carbocycles. The van der Waals surface area contributed by atoms with Gasteiger partial charge < -0.3 is 24.6 Å². The summed E-state index contributed by atoms with van der Waals surface area (Å²) in [5.41, 5.74) is 0. The van der Waals surface area contributed by atoms with Crippen LogP contribution in [0.3, 0.4) is 0 Å². The van der Waals surface area contributed by atoms with E-state index >= 15 is 0 Å². The molecule has 0 saturated heterocycles. The van der Waals surface area contributed by atoms with Crippen LogP contribution in [-0.4, -0.2) is 66.3 Å². The van der Waals surface area contributed by atoms with E-state index in [0.29, 0.717) is 6.61 Å². The lowest BCUT2D eigenvalue weighted by Gasteiger charge is -2.20. The van der Waals surface area contributed by atoms with Gasteiger partial charge in [0.15, 0.2) is 0 Å². The van der Waals surface area contributed by atoms with Gasteiger partial charge in [-0.05, 0) is 44.9 Å². The Kier molecular flexibility index (Phi) is 44.6. The maximum Gasteiger partial charge on any atom is 0.472 e. The fourth-order valence-electron chi connectivity index (χ4n) is 6.92. The molecule has 0 spiro atoms. The number of phosphoric acid groups is 1. The van der Waals surface area contributed by atoms with Crippen molar-refractivity contribution in [1.82, 2.24) is 0 Å². The molecule has 0 aromatic rings. The van der Waals surface area contributed by atoms with E-state index in [2.05, 4.69) is 38.2 Å². The van der Waals surface area contributed by atoms with Crippen LogP contribution in [0.5, 0.6) is 0 Å². The van der Waals surface area contributed by atoms with Gasteiger partial charge in [0.25, 0.3) is 0 Å². The monoisotopic (exact) mass is 845 g/mol. The van der Waals surface area contributed by atoms with Crippen molar-refractivity contribution >= 4 is 13.8 Å². The quantitative estimate of drug-likeness (QED) is 0.0237. The van der Waals surface area contributed by atoms with Crippen LogP contribution in [0.25, 0.3) is 0 Å². The Hall–Kier alpha value is -1.06. The molecule has 0 aliphatic heterocycles. The first kappa shape index (κ1) is 56.9. The molecule has 0 radical (unpaired) electrons. The van der Waals surface area contributed by atoms with Crippen molar-refractivity contribution in [2.24, 2.45) is 0 Å². The van der Waals surface area contributed by atoms with Gasteiger partial charge in [-0.1, -0.05) is 205 Å². The van der Waals surface area contributed by atoms with E-state index in [4.69, 9.17) is 23.6 Å². The number of carbonyl (C=O) groups excluding carboxylic acids is 1. The number of aliphatic hydroxyl groups excluding tert-OH is 2. The predicted octanol–water partition coefficient (Wildman–Crippen LogP) is 13.8. The van der Waals surface area contributed by atoms with E-state index < -0.39 is 33.2 Å². The fraction of sp³-hybridized carbons (Fsp3) is 0.896. The Bertz CT molecular complexity index is 959. The SMILES string of the molecule is CCCCCC/C=C\C/C=C\CCCCCCCCOCC(COP(=O)(O)OCC(O)CO)OC(=O)CCCCCCCCCCCCCCCCCCCCCC. The fourth-order valence-corrected chi connectivity index (χ4v) is 7.71. The Labute approximate surface area is 357 Å². The summed E-state index contributed by atoms with van der Waals surface area (Å²) in [7, 11) is -4.52. The normalized spacial score (nSPS) is 14.1. The maximum absolute atomic E-state index is 12.7. The molecule has 3 unspecified atom stereocenters. The summed E-state index contributed by atoms with van der Waals surface area (Å²) in [5.74, 6) is -0.381. The molecule has 0 saturated carbocycles. The molecule has 344 valence electrons. The number of allylic oxidation sites excluding steroid dienone is 4. The van der Waals surface area contributed by atoms with Crippen LogP contribution < -0.4 is 0 Å². The summed E-state index contributed by atoms with van der Waals surface area (Å²) >= 11 is 0. The average molecular weight is 845 g/mol. The third-order valence-corrected chi connectivity index (χ3v) is 11.6. The topological polar surface area (TPSA) is 132 Å². The lowest BCUT2D eigenvalue weighted by atomic mass is 10.0. The minimum Gasteiger partial charge on any atom is -0.457 e. The number of phosphoric ester groups is 1. The van der Waals surface area contributed by atoms with E-state index in [-0.39, 0.29) is 25.6 Å². The highest BCUT2D eigenvalue weighted by Crippen LogP contribution is 2.43. The second-order valence-corrected chi connectivity index (χ2v) is 17.9. The van der Waals surface area contributed by atoms with Crippen LogP contribution in [0, 0.1) is 0 Å². The van der Waals surface area contributed by atoms with Crippen LogP contribution in [-0.2, 0) is 27.9 Å². The van der Waals surface area contributed by atoms with Crippen molar-refractivity contribution in [3.63, 3.8) is 0 Å². The highest BCUT2D eigenvalue weighted by molar-refractivity contribution is 7.47. The van der Waals surface area contributed by atoms with E-state index in [1.807, 2.05) is 0 Å².